The molecule has 0 heterocycles. The van der Waals surface area contributed by atoms with E-state index in [0.717, 1.165) is 40.8 Å². The predicted octanol–water partition coefficient (Wildman–Crippen LogP) is 5.79. The standard InChI is InChI=1S/C26H30N2O3S/c1-6-20-11-9-12-21(7-2)25(20)27-26(29)22-15-14-18(4)24(16-22)32(30,31)28-23-13-8-10-17(3)19(23)5/h8-16,28H,6-7H2,1-5H3,(H,27,29). The predicted molar refractivity (Wildman–Crippen MR) is 131 cm³/mol. The molecule has 3 rings (SSSR count). The molecule has 168 valence electrons. The van der Waals surface area contributed by atoms with Gasteiger partial charge in [-0.25, -0.2) is 8.42 Å². The Morgan fingerprint density at radius 2 is 1.47 bits per heavy atom. The number of anilines is 2. The molecular formula is C26H30N2O3S. The first-order valence-electron chi connectivity index (χ1n) is 10.8. The lowest BCUT2D eigenvalue weighted by Crippen LogP contribution is -2.18. The lowest BCUT2D eigenvalue weighted by molar-refractivity contribution is 0.102. The number of amides is 1. The Hall–Kier alpha value is -3.12. The van der Waals surface area contributed by atoms with E-state index in [-0.39, 0.29) is 10.8 Å². The van der Waals surface area contributed by atoms with Gasteiger partial charge < -0.3 is 5.32 Å². The molecule has 0 aliphatic rings. The van der Waals surface area contributed by atoms with Gasteiger partial charge in [-0.3, -0.25) is 9.52 Å². The largest absolute Gasteiger partial charge is 0.321 e. The Balaban J connectivity index is 1.95. The van der Waals surface area contributed by atoms with E-state index in [1.807, 2.05) is 58.0 Å². The van der Waals surface area contributed by atoms with E-state index in [1.54, 1.807) is 25.1 Å². The minimum absolute atomic E-state index is 0.0885. The van der Waals surface area contributed by atoms with Gasteiger partial charge in [0.2, 0.25) is 0 Å². The summed E-state index contributed by atoms with van der Waals surface area (Å²) >= 11 is 0. The molecule has 0 atom stereocenters. The highest BCUT2D eigenvalue weighted by Crippen LogP contribution is 2.26. The third-order valence-electron chi connectivity index (χ3n) is 5.83. The summed E-state index contributed by atoms with van der Waals surface area (Å²) in [6.45, 7) is 9.61. The van der Waals surface area contributed by atoms with Gasteiger partial charge in [0.15, 0.2) is 0 Å². The van der Waals surface area contributed by atoms with Crippen molar-refractivity contribution in [2.45, 2.75) is 52.4 Å². The molecule has 2 N–H and O–H groups in total. The number of nitrogens with one attached hydrogen (secondary N) is 2. The maximum absolute atomic E-state index is 13.2. The summed E-state index contributed by atoms with van der Waals surface area (Å²) in [4.78, 5) is 13.2. The van der Waals surface area contributed by atoms with Crippen molar-refractivity contribution in [3.05, 3.63) is 88.0 Å². The number of benzene rings is 3. The highest BCUT2D eigenvalue weighted by molar-refractivity contribution is 7.92. The van der Waals surface area contributed by atoms with E-state index < -0.39 is 10.0 Å². The minimum Gasteiger partial charge on any atom is -0.321 e. The van der Waals surface area contributed by atoms with Crippen molar-refractivity contribution in [3.63, 3.8) is 0 Å². The summed E-state index contributed by atoms with van der Waals surface area (Å²) < 4.78 is 29.0. The summed E-state index contributed by atoms with van der Waals surface area (Å²) in [7, 11) is -3.87. The Morgan fingerprint density at radius 3 is 2.09 bits per heavy atom. The van der Waals surface area contributed by atoms with E-state index in [2.05, 4.69) is 10.0 Å². The Kier molecular flexibility index (Phi) is 7.04. The van der Waals surface area contributed by atoms with E-state index >= 15 is 0 Å². The van der Waals surface area contributed by atoms with Crippen molar-refractivity contribution in [1.29, 1.82) is 0 Å². The van der Waals surface area contributed by atoms with Crippen molar-refractivity contribution >= 4 is 27.3 Å². The molecule has 0 aliphatic carbocycles. The van der Waals surface area contributed by atoms with Crippen LogP contribution in [0.4, 0.5) is 11.4 Å². The lowest BCUT2D eigenvalue weighted by Gasteiger charge is -2.16. The van der Waals surface area contributed by atoms with E-state index in [0.29, 0.717) is 16.8 Å². The fourth-order valence-corrected chi connectivity index (χ4v) is 5.08. The van der Waals surface area contributed by atoms with Crippen LogP contribution in [0.2, 0.25) is 0 Å². The maximum atomic E-state index is 13.2. The van der Waals surface area contributed by atoms with Crippen molar-refractivity contribution < 1.29 is 13.2 Å². The molecule has 0 saturated heterocycles. The number of sulfonamides is 1. The van der Waals surface area contributed by atoms with Gasteiger partial charge in [0.25, 0.3) is 15.9 Å². The molecule has 3 aromatic carbocycles. The minimum atomic E-state index is -3.87. The molecule has 0 spiro atoms. The molecule has 3 aromatic rings. The third kappa shape index (κ3) is 4.86. The zero-order valence-corrected chi connectivity index (χ0v) is 20.1. The van der Waals surface area contributed by atoms with Crippen LogP contribution in [-0.4, -0.2) is 14.3 Å². The molecule has 0 unspecified atom stereocenters. The molecule has 0 radical (unpaired) electrons. The van der Waals surface area contributed by atoms with Crippen LogP contribution in [0.3, 0.4) is 0 Å². The average molecular weight is 451 g/mol. The topological polar surface area (TPSA) is 75.3 Å². The van der Waals surface area contributed by atoms with Crippen molar-refractivity contribution in [2.75, 3.05) is 10.0 Å². The van der Waals surface area contributed by atoms with Crippen molar-refractivity contribution in [2.24, 2.45) is 0 Å². The van der Waals surface area contributed by atoms with Crippen molar-refractivity contribution in [3.8, 4) is 0 Å². The van der Waals surface area contributed by atoms with Gasteiger partial charge in [-0.1, -0.05) is 50.2 Å². The first-order chi connectivity index (χ1) is 15.2. The zero-order valence-electron chi connectivity index (χ0n) is 19.2. The highest BCUT2D eigenvalue weighted by Gasteiger charge is 2.21. The molecule has 0 fully saturated rings. The fourth-order valence-electron chi connectivity index (χ4n) is 3.68. The second-order valence-electron chi connectivity index (χ2n) is 7.95. The molecule has 0 saturated carbocycles. The van der Waals surface area contributed by atoms with Crippen LogP contribution < -0.4 is 10.0 Å². The van der Waals surface area contributed by atoms with Crippen LogP contribution in [0.15, 0.2) is 59.5 Å². The van der Waals surface area contributed by atoms with Gasteiger partial charge >= 0.3 is 0 Å². The number of aryl methyl sites for hydroxylation is 4. The van der Waals surface area contributed by atoms with E-state index in [9.17, 15) is 13.2 Å². The second-order valence-corrected chi connectivity index (χ2v) is 9.60. The Labute approximate surface area is 190 Å². The fraction of sp³-hybridized carbons (Fsp3) is 0.269. The Bertz CT molecular complexity index is 1240. The van der Waals surface area contributed by atoms with Gasteiger partial charge in [0.1, 0.15) is 0 Å². The molecule has 5 nitrogen and oxygen atoms in total. The number of carbonyl (C=O) groups is 1. The SMILES string of the molecule is CCc1cccc(CC)c1NC(=O)c1ccc(C)c(S(=O)(=O)Nc2cccc(C)c2C)c1. The number of hydrogen-bond donors (Lipinski definition) is 2. The Morgan fingerprint density at radius 1 is 0.844 bits per heavy atom. The van der Waals surface area contributed by atoms with Gasteiger partial charge in [0, 0.05) is 11.3 Å². The first kappa shape index (κ1) is 23.5. The van der Waals surface area contributed by atoms with Crippen LogP contribution in [0.25, 0.3) is 0 Å². The summed E-state index contributed by atoms with van der Waals surface area (Å²) in [5.74, 6) is -0.330. The van der Waals surface area contributed by atoms with Crippen molar-refractivity contribution in [1.82, 2.24) is 0 Å². The molecule has 0 aromatic heterocycles. The van der Waals surface area contributed by atoms with Crippen LogP contribution in [0.1, 0.15) is 52.0 Å². The van der Waals surface area contributed by atoms with Crippen LogP contribution in [0.5, 0.6) is 0 Å². The number of rotatable bonds is 7. The number of carbonyl (C=O) groups excluding carboxylic acids is 1. The van der Waals surface area contributed by atoms with Crippen LogP contribution >= 0.6 is 0 Å². The van der Waals surface area contributed by atoms with Crippen LogP contribution in [0, 0.1) is 20.8 Å². The maximum Gasteiger partial charge on any atom is 0.262 e. The highest BCUT2D eigenvalue weighted by atomic mass is 32.2. The molecule has 32 heavy (non-hydrogen) atoms. The third-order valence-corrected chi connectivity index (χ3v) is 7.33. The van der Waals surface area contributed by atoms with Gasteiger partial charge in [0.05, 0.1) is 10.6 Å². The smallest absolute Gasteiger partial charge is 0.262 e. The zero-order chi connectivity index (χ0) is 23.5. The number of hydrogen-bond acceptors (Lipinski definition) is 3. The van der Waals surface area contributed by atoms with E-state index in [1.165, 1.54) is 6.07 Å². The normalized spacial score (nSPS) is 11.3. The number of para-hydroxylation sites is 1. The summed E-state index contributed by atoms with van der Waals surface area (Å²) in [6.07, 6.45) is 1.58. The lowest BCUT2D eigenvalue weighted by atomic mass is 10.0. The molecule has 0 aliphatic heterocycles. The summed E-state index contributed by atoms with van der Waals surface area (Å²) in [5.41, 5.74) is 6.17. The second kappa shape index (κ2) is 9.57. The average Bonchev–Trinajstić information content (AvgIpc) is 2.77. The van der Waals surface area contributed by atoms with Gasteiger partial charge in [-0.15, -0.1) is 0 Å². The first-order valence-corrected chi connectivity index (χ1v) is 12.3. The monoisotopic (exact) mass is 450 g/mol. The molecule has 1 amide bonds. The molecule has 0 bridgehead atoms. The summed E-state index contributed by atoms with van der Waals surface area (Å²) in [6, 6.07) is 16.2. The van der Waals surface area contributed by atoms with E-state index in [4.69, 9.17) is 0 Å². The quantitative estimate of drug-likeness (QED) is 0.478. The van der Waals surface area contributed by atoms with Gasteiger partial charge in [-0.05, 0) is 79.6 Å². The molecule has 6 heteroatoms. The summed E-state index contributed by atoms with van der Waals surface area (Å²) in [5, 5.41) is 3.01. The molecular weight excluding hydrogens is 420 g/mol. The van der Waals surface area contributed by atoms with Crippen LogP contribution in [-0.2, 0) is 22.9 Å². The van der Waals surface area contributed by atoms with Gasteiger partial charge in [-0.2, -0.15) is 0 Å².